The molecule has 6 aromatic rings. The predicted molar refractivity (Wildman–Crippen MR) is 281 cm³/mol. The maximum absolute atomic E-state index is 12.8. The number of nitrogens with two attached hydrogens (primary N) is 2. The van der Waals surface area contributed by atoms with Gasteiger partial charge in [-0.15, -0.1) is 0 Å². The van der Waals surface area contributed by atoms with Gasteiger partial charge in [0, 0.05) is 50.4 Å². The van der Waals surface area contributed by atoms with Gasteiger partial charge in [-0.05, 0) is 71.8 Å². The fourth-order valence-electron chi connectivity index (χ4n) is 7.16. The van der Waals surface area contributed by atoms with Gasteiger partial charge in [-0.2, -0.15) is 29.9 Å². The Hall–Kier alpha value is -2.24. The van der Waals surface area contributed by atoms with Gasteiger partial charge in [0.1, 0.15) is 60.7 Å². The van der Waals surface area contributed by atoms with Crippen molar-refractivity contribution in [2.75, 3.05) is 70.5 Å². The quantitative estimate of drug-likeness (QED) is 0.0128. The van der Waals surface area contributed by atoms with Crippen molar-refractivity contribution >= 4 is 143 Å². The molecule has 6 rings (SSSR count). The SMILES string of the molecule is NC(=O)CCN(CCO)c1nc(Nc2ccc(C=Cc3ccc(Nc4nc(Nc5cc(S(=O)(=O)[O-])ccc5S(=O)(=O)[O-])nc(N(CCO)CCC(N)=O)n4)cc3S(=O)(=O)[O-])c(S(=O)(=O)[O-])c2)nc(Nc2cc(S(=O)(=O)[O-])ccc2S(=O)(=O)[O-])n1.[Na+].[Na+].[Na+].[Na+].[Na+].[Na+]. The largest absolute Gasteiger partial charge is 1.00 e. The first-order valence-corrected chi connectivity index (χ1v) is 31.3. The molecule has 0 aliphatic rings. The molecule has 0 spiro atoms. The van der Waals surface area contributed by atoms with Crippen LogP contribution < -0.4 is 220 Å². The Bertz CT molecular complexity index is 4060. The standard InChI is InChI=1S/C42H46N14O22S6.6Na/c43-35(59)11-13-55(15-17-57)41-51-37(49-39(53-41)47-29-21-27(79(61,62)63)7-9-31(29)81(67,68)69)45-25-5-3-23(33(19-25)83(73,74)75)1-2-24-4-6-26(20-34(24)84(76,77)78)46-38-50-40(54-42(52-38)56(16-18-58)14-12-36(44)60)48-30-22-28(80(64,65)66)8-10-32(30)82(70,71)72;;;;;;/h1-10,19-22,57-58H,11-18H2,(H2,43,59)(H2,44,60)(H,61,62,63)(H,64,65,66)(H,67,68,69)(H,70,71,72)(H,73,74,75)(H,76,77,78)(H2,45,47,49,51,53)(H2,46,48,50,52,54);;;;;;/q;6*+1/p-6. The van der Waals surface area contributed by atoms with Crippen molar-refractivity contribution < 1.29 is 275 Å². The Morgan fingerprint density at radius 2 is 0.711 bits per heavy atom. The Morgan fingerprint density at radius 3 is 0.978 bits per heavy atom. The van der Waals surface area contributed by atoms with Crippen molar-refractivity contribution in [1.82, 2.24) is 29.9 Å². The molecule has 36 nitrogen and oxygen atoms in total. The minimum Gasteiger partial charge on any atom is -0.744 e. The van der Waals surface area contributed by atoms with Crippen LogP contribution in [0, 0.1) is 0 Å². The molecule has 0 aliphatic heterocycles. The molecule has 0 radical (unpaired) electrons. The second-order valence-electron chi connectivity index (χ2n) is 16.8. The summed E-state index contributed by atoms with van der Waals surface area (Å²) in [5, 5.41) is 29.3. The van der Waals surface area contributed by atoms with Crippen molar-refractivity contribution in [2.24, 2.45) is 11.5 Å². The van der Waals surface area contributed by atoms with E-state index in [4.69, 9.17) is 11.5 Å². The smallest absolute Gasteiger partial charge is 0.744 e. The van der Waals surface area contributed by atoms with Crippen LogP contribution in [0.4, 0.5) is 58.4 Å². The normalized spacial score (nSPS) is 11.6. The molecule has 90 heavy (non-hydrogen) atoms. The molecule has 0 unspecified atom stereocenters. The minimum atomic E-state index is -5.51. The van der Waals surface area contributed by atoms with Gasteiger partial charge in [-0.1, -0.05) is 24.3 Å². The van der Waals surface area contributed by atoms with E-state index in [9.17, 15) is 97.6 Å². The Morgan fingerprint density at radius 1 is 0.411 bits per heavy atom. The van der Waals surface area contributed by atoms with Crippen LogP contribution in [0.15, 0.2) is 102 Å². The third-order valence-corrected chi connectivity index (χ3v) is 16.1. The predicted octanol–water partition coefficient (Wildman–Crippen LogP) is -20.0. The molecule has 452 valence electrons. The van der Waals surface area contributed by atoms with Gasteiger partial charge in [-0.25, -0.2) is 50.5 Å². The van der Waals surface area contributed by atoms with Crippen LogP contribution >= 0.6 is 0 Å². The molecule has 0 fully saturated rings. The summed E-state index contributed by atoms with van der Waals surface area (Å²) >= 11 is 0. The number of hydrogen-bond donors (Lipinski definition) is 8. The third kappa shape index (κ3) is 25.7. The second-order valence-corrected chi connectivity index (χ2v) is 25.0. The van der Waals surface area contributed by atoms with Crippen LogP contribution in [0.1, 0.15) is 24.0 Å². The number of carbonyl (C=O) groups is 2. The second kappa shape index (κ2) is 36.8. The fraction of sp³-hybridized carbons (Fsp3) is 0.190. The van der Waals surface area contributed by atoms with Crippen molar-refractivity contribution in [2.45, 2.75) is 42.2 Å². The van der Waals surface area contributed by atoms with Crippen LogP contribution in [0.2, 0.25) is 0 Å². The number of carbonyl (C=O) groups excluding carboxylic acids is 2. The monoisotopic (exact) mass is 1420 g/mol. The zero-order chi connectivity index (χ0) is 62.3. The van der Waals surface area contributed by atoms with Crippen molar-refractivity contribution in [3.05, 3.63) is 83.9 Å². The van der Waals surface area contributed by atoms with E-state index in [0.717, 1.165) is 58.4 Å². The number of benzene rings is 4. The van der Waals surface area contributed by atoms with Gasteiger partial charge in [0.15, 0.2) is 0 Å². The molecule has 2 aromatic heterocycles. The topological polar surface area (TPSA) is 602 Å². The van der Waals surface area contributed by atoms with Crippen LogP contribution in [-0.4, -0.2) is 169 Å². The van der Waals surface area contributed by atoms with Gasteiger partial charge < -0.3 is 80.1 Å². The summed E-state index contributed by atoms with van der Waals surface area (Å²) in [6.45, 7) is -2.43. The molecular formula is C42H40N14Na6O22S6. The summed E-state index contributed by atoms with van der Waals surface area (Å²) in [6.07, 6.45) is 1.06. The summed E-state index contributed by atoms with van der Waals surface area (Å²) in [5.41, 5.74) is 7.38. The maximum Gasteiger partial charge on any atom is 1.00 e. The first-order valence-electron chi connectivity index (χ1n) is 22.8. The zero-order valence-electron chi connectivity index (χ0n) is 48.0. The average Bonchev–Trinajstić information content (AvgIpc) is 3.36. The summed E-state index contributed by atoms with van der Waals surface area (Å²) < 4.78 is 221. The number of aliphatic hydroxyl groups is 2. The number of anilines is 10. The zero-order valence-corrected chi connectivity index (χ0v) is 64.9. The molecular weight excluding hydrogens is 1380 g/mol. The number of hydrogen-bond acceptors (Lipinski definition) is 34. The molecule has 0 bridgehead atoms. The first kappa shape index (κ1) is 87.8. The summed E-state index contributed by atoms with van der Waals surface area (Å²) in [6, 6.07) is 8.70. The molecule has 2 amide bonds. The molecule has 10 N–H and O–H groups in total. The molecule has 0 aliphatic carbocycles. The summed E-state index contributed by atoms with van der Waals surface area (Å²) in [7, 11) is -32.4. The Balaban J connectivity index is 0.0000132. The van der Waals surface area contributed by atoms with E-state index < -0.39 is 173 Å². The first-order chi connectivity index (χ1) is 38.9. The molecule has 0 saturated carbocycles. The number of aliphatic hydroxyl groups excluding tert-OH is 2. The van der Waals surface area contributed by atoms with E-state index in [-0.39, 0.29) is 228 Å². The average molecular weight is 1420 g/mol. The van der Waals surface area contributed by atoms with E-state index in [2.05, 4.69) is 51.2 Å². The van der Waals surface area contributed by atoms with Crippen molar-refractivity contribution in [3.8, 4) is 0 Å². The van der Waals surface area contributed by atoms with Gasteiger partial charge in [-0.3, -0.25) is 9.59 Å². The molecule has 4 aromatic carbocycles. The van der Waals surface area contributed by atoms with Gasteiger partial charge in [0.2, 0.25) is 47.5 Å². The third-order valence-electron chi connectivity index (χ3n) is 10.8. The molecule has 0 saturated heterocycles. The van der Waals surface area contributed by atoms with E-state index in [0.29, 0.717) is 36.4 Å². The van der Waals surface area contributed by atoms with E-state index in [1.807, 2.05) is 0 Å². The molecule has 48 heteroatoms. The molecule has 2 heterocycles. The van der Waals surface area contributed by atoms with Crippen LogP contribution in [-0.2, 0) is 70.3 Å². The Kier molecular flexibility index (Phi) is 35.8. The number of nitrogens with zero attached hydrogens (tertiary/aromatic N) is 8. The van der Waals surface area contributed by atoms with E-state index >= 15 is 0 Å². The summed E-state index contributed by atoms with van der Waals surface area (Å²) in [5.74, 6) is -5.18. The van der Waals surface area contributed by atoms with Gasteiger partial charge >= 0.3 is 177 Å². The number of amides is 2. The number of rotatable bonds is 28. The van der Waals surface area contributed by atoms with E-state index in [1.165, 1.54) is 0 Å². The van der Waals surface area contributed by atoms with Crippen LogP contribution in [0.25, 0.3) is 12.2 Å². The van der Waals surface area contributed by atoms with Crippen LogP contribution in [0.5, 0.6) is 0 Å². The number of primary amides is 2. The van der Waals surface area contributed by atoms with Gasteiger partial charge in [0.05, 0.1) is 54.0 Å². The minimum absolute atomic E-state index is 0. The molecule has 0 atom stereocenters. The number of nitrogens with one attached hydrogen (secondary N) is 4. The van der Waals surface area contributed by atoms with Gasteiger partial charge in [0.25, 0.3) is 0 Å². The van der Waals surface area contributed by atoms with Crippen molar-refractivity contribution in [1.29, 1.82) is 0 Å². The van der Waals surface area contributed by atoms with Crippen LogP contribution in [0.3, 0.4) is 0 Å². The fourth-order valence-corrected chi connectivity index (χ4v) is 10.8. The number of aromatic nitrogens is 6. The summed E-state index contributed by atoms with van der Waals surface area (Å²) in [4.78, 5) is 44.0. The maximum atomic E-state index is 12.8. The van der Waals surface area contributed by atoms with E-state index in [1.54, 1.807) is 0 Å². The van der Waals surface area contributed by atoms with Crippen molar-refractivity contribution in [3.63, 3.8) is 0 Å². The Labute approximate surface area is 646 Å².